The van der Waals surface area contributed by atoms with Gasteiger partial charge in [-0.3, -0.25) is 24.2 Å². The number of aryl methyl sites for hydroxylation is 1. The number of imide groups is 1. The molecular weight excluding hydrogens is 424 g/mol. The third-order valence-corrected chi connectivity index (χ3v) is 8.01. The molecule has 6 heteroatoms. The number of hydrogen-bond acceptors (Lipinski definition) is 3. The SMILES string of the molecule is Cc1ccccc1C(=O)N(CN1C(=O)C2C3C=CC(C4CC34)C2C1=O)c1cccc(Cl)c1. The van der Waals surface area contributed by atoms with Gasteiger partial charge in [-0.25, -0.2) is 0 Å². The minimum absolute atomic E-state index is 0.104. The van der Waals surface area contributed by atoms with Crippen molar-refractivity contribution in [2.75, 3.05) is 11.6 Å². The molecule has 7 rings (SSSR count). The van der Waals surface area contributed by atoms with Gasteiger partial charge in [-0.05, 0) is 66.8 Å². The molecule has 4 aliphatic carbocycles. The maximum atomic E-state index is 13.6. The molecular formula is C26H23ClN2O3. The molecule has 6 atom stereocenters. The number of benzene rings is 2. The monoisotopic (exact) mass is 446 g/mol. The fraction of sp³-hybridized carbons (Fsp3) is 0.346. The van der Waals surface area contributed by atoms with Crippen LogP contribution in [0, 0.1) is 42.4 Å². The highest BCUT2D eigenvalue weighted by atomic mass is 35.5. The van der Waals surface area contributed by atoms with Crippen LogP contribution < -0.4 is 4.90 Å². The Morgan fingerprint density at radius 3 is 2.28 bits per heavy atom. The van der Waals surface area contributed by atoms with E-state index in [0.29, 0.717) is 28.1 Å². The average Bonchev–Trinajstić information content (AvgIpc) is 3.57. The Balaban J connectivity index is 1.36. The molecule has 6 unspecified atom stereocenters. The molecule has 3 amide bonds. The minimum Gasteiger partial charge on any atom is -0.289 e. The molecule has 1 heterocycles. The van der Waals surface area contributed by atoms with E-state index in [1.54, 1.807) is 30.3 Å². The van der Waals surface area contributed by atoms with E-state index >= 15 is 0 Å². The van der Waals surface area contributed by atoms with Gasteiger partial charge in [0.15, 0.2) is 0 Å². The van der Waals surface area contributed by atoms with E-state index in [1.807, 2.05) is 25.1 Å². The van der Waals surface area contributed by atoms with Crippen LogP contribution in [0.25, 0.3) is 0 Å². The maximum Gasteiger partial charge on any atom is 0.260 e. The topological polar surface area (TPSA) is 57.7 Å². The predicted octanol–water partition coefficient (Wildman–Crippen LogP) is 4.31. The number of halogens is 1. The number of hydrogen-bond donors (Lipinski definition) is 0. The lowest BCUT2D eigenvalue weighted by atomic mass is 9.63. The van der Waals surface area contributed by atoms with Gasteiger partial charge in [0.1, 0.15) is 6.67 Å². The lowest BCUT2D eigenvalue weighted by Gasteiger charge is -2.37. The summed E-state index contributed by atoms with van der Waals surface area (Å²) in [5, 5.41) is 0.486. The van der Waals surface area contributed by atoms with Gasteiger partial charge in [0, 0.05) is 16.3 Å². The molecule has 5 aliphatic rings. The molecule has 2 saturated carbocycles. The van der Waals surface area contributed by atoms with Gasteiger partial charge in [-0.2, -0.15) is 0 Å². The van der Waals surface area contributed by atoms with Crippen molar-refractivity contribution in [3.05, 3.63) is 76.8 Å². The van der Waals surface area contributed by atoms with E-state index in [0.717, 1.165) is 12.0 Å². The van der Waals surface area contributed by atoms with Crippen molar-refractivity contribution in [1.82, 2.24) is 4.90 Å². The number of likely N-dealkylation sites (tertiary alicyclic amines) is 1. The van der Waals surface area contributed by atoms with E-state index < -0.39 is 0 Å². The molecule has 0 spiro atoms. The molecule has 162 valence electrons. The second kappa shape index (κ2) is 7.04. The molecule has 2 bridgehead atoms. The zero-order chi connectivity index (χ0) is 22.1. The lowest BCUT2D eigenvalue weighted by Crippen LogP contribution is -2.45. The van der Waals surface area contributed by atoms with Crippen LogP contribution in [0.3, 0.4) is 0 Å². The van der Waals surface area contributed by atoms with Gasteiger partial charge in [0.25, 0.3) is 5.91 Å². The zero-order valence-corrected chi connectivity index (χ0v) is 18.4. The van der Waals surface area contributed by atoms with Crippen molar-refractivity contribution in [1.29, 1.82) is 0 Å². The first-order chi connectivity index (χ1) is 15.5. The summed E-state index contributed by atoms with van der Waals surface area (Å²) >= 11 is 6.22. The van der Waals surface area contributed by atoms with Crippen molar-refractivity contribution in [2.24, 2.45) is 35.5 Å². The highest BCUT2D eigenvalue weighted by Crippen LogP contribution is 2.65. The third kappa shape index (κ3) is 2.80. The third-order valence-electron chi connectivity index (χ3n) is 7.78. The van der Waals surface area contributed by atoms with E-state index in [4.69, 9.17) is 11.6 Å². The number of carbonyl (C=O) groups is 3. The van der Waals surface area contributed by atoms with Crippen LogP contribution in [0.1, 0.15) is 22.3 Å². The molecule has 0 radical (unpaired) electrons. The Labute approximate surface area is 191 Å². The van der Waals surface area contributed by atoms with Crippen molar-refractivity contribution >= 4 is 35.0 Å². The van der Waals surface area contributed by atoms with Crippen LogP contribution in [0.5, 0.6) is 0 Å². The Morgan fingerprint density at radius 1 is 1.00 bits per heavy atom. The van der Waals surface area contributed by atoms with Crippen LogP contribution >= 0.6 is 11.6 Å². The van der Waals surface area contributed by atoms with Crippen molar-refractivity contribution < 1.29 is 14.4 Å². The van der Waals surface area contributed by atoms with Gasteiger partial charge in [-0.15, -0.1) is 0 Å². The molecule has 2 aromatic rings. The Hall–Kier alpha value is -2.92. The normalized spacial score (nSPS) is 31.5. The Bertz CT molecular complexity index is 1160. The minimum atomic E-state index is -0.281. The highest BCUT2D eigenvalue weighted by Gasteiger charge is 2.67. The van der Waals surface area contributed by atoms with Gasteiger partial charge in [0.05, 0.1) is 11.8 Å². The first-order valence-corrected chi connectivity index (χ1v) is 11.5. The van der Waals surface area contributed by atoms with Crippen LogP contribution in [0.4, 0.5) is 5.69 Å². The lowest BCUT2D eigenvalue weighted by molar-refractivity contribution is -0.140. The van der Waals surface area contributed by atoms with Crippen LogP contribution in [-0.2, 0) is 9.59 Å². The summed E-state index contributed by atoms with van der Waals surface area (Å²) in [7, 11) is 0. The summed E-state index contributed by atoms with van der Waals surface area (Å²) in [6.45, 7) is 1.77. The standard InChI is InChI=1S/C26H23ClN2O3/c1-14-5-2-3-8-17(14)24(30)28(16-7-4-6-15(27)11-16)13-29-25(31)22-18-9-10-19(21-12-20(18)21)23(22)26(29)32/h2-11,18-23H,12-13H2,1H3. The summed E-state index contributed by atoms with van der Waals surface area (Å²) in [4.78, 5) is 43.4. The van der Waals surface area contributed by atoms with Gasteiger partial charge < -0.3 is 0 Å². The van der Waals surface area contributed by atoms with Crippen LogP contribution in [0.2, 0.25) is 5.02 Å². The molecule has 5 nitrogen and oxygen atoms in total. The molecule has 32 heavy (non-hydrogen) atoms. The number of nitrogens with zero attached hydrogens (tertiary/aromatic N) is 2. The fourth-order valence-corrected chi connectivity index (χ4v) is 6.35. The highest BCUT2D eigenvalue weighted by molar-refractivity contribution is 6.31. The van der Waals surface area contributed by atoms with Crippen molar-refractivity contribution in [2.45, 2.75) is 13.3 Å². The quantitative estimate of drug-likeness (QED) is 0.519. The van der Waals surface area contributed by atoms with Gasteiger partial charge in [-0.1, -0.05) is 48.0 Å². The summed E-state index contributed by atoms with van der Waals surface area (Å²) in [6.07, 6.45) is 5.43. The predicted molar refractivity (Wildman–Crippen MR) is 121 cm³/mol. The van der Waals surface area contributed by atoms with E-state index in [2.05, 4.69) is 12.2 Å². The summed E-state index contributed by atoms with van der Waals surface area (Å²) in [5.74, 6) is 0.285. The Kier molecular flexibility index (Phi) is 4.34. The van der Waals surface area contributed by atoms with Gasteiger partial charge in [0.2, 0.25) is 11.8 Å². The maximum absolute atomic E-state index is 13.6. The van der Waals surface area contributed by atoms with Crippen LogP contribution in [-0.4, -0.2) is 29.3 Å². The zero-order valence-electron chi connectivity index (χ0n) is 17.6. The smallest absolute Gasteiger partial charge is 0.260 e. The van der Waals surface area contributed by atoms with Crippen LogP contribution in [0.15, 0.2) is 60.7 Å². The number of amides is 3. The van der Waals surface area contributed by atoms with Crippen molar-refractivity contribution in [3.63, 3.8) is 0 Å². The summed E-state index contributed by atoms with van der Waals surface area (Å²) < 4.78 is 0. The number of carbonyl (C=O) groups excluding carboxylic acids is 3. The first kappa shape index (κ1) is 19.7. The number of anilines is 1. The number of allylic oxidation sites excluding steroid dienone is 2. The largest absolute Gasteiger partial charge is 0.289 e. The van der Waals surface area contributed by atoms with E-state index in [9.17, 15) is 14.4 Å². The number of rotatable bonds is 4. The molecule has 0 aromatic heterocycles. The Morgan fingerprint density at radius 2 is 1.66 bits per heavy atom. The molecule has 0 N–H and O–H groups in total. The second-order valence-electron chi connectivity index (χ2n) is 9.43. The first-order valence-electron chi connectivity index (χ1n) is 11.1. The molecule has 2 aromatic carbocycles. The molecule has 1 aliphatic heterocycles. The van der Waals surface area contributed by atoms with E-state index in [-0.39, 0.29) is 48.1 Å². The van der Waals surface area contributed by atoms with E-state index in [1.165, 1.54) is 9.80 Å². The summed E-state index contributed by atoms with van der Waals surface area (Å²) in [5.41, 5.74) is 1.93. The average molecular weight is 447 g/mol. The van der Waals surface area contributed by atoms with Gasteiger partial charge >= 0.3 is 0 Å². The summed E-state index contributed by atoms with van der Waals surface area (Å²) in [6, 6.07) is 14.3. The molecule has 3 fully saturated rings. The fourth-order valence-electron chi connectivity index (χ4n) is 6.16. The second-order valence-corrected chi connectivity index (χ2v) is 9.86. The van der Waals surface area contributed by atoms with Crippen molar-refractivity contribution in [3.8, 4) is 0 Å². The molecule has 1 saturated heterocycles.